The summed E-state index contributed by atoms with van der Waals surface area (Å²) in [5.74, 6) is 0.192. The van der Waals surface area contributed by atoms with Gasteiger partial charge in [-0.15, -0.1) is 19.0 Å². The number of nitrogens with two attached hydrogens (primary N) is 1. The van der Waals surface area contributed by atoms with E-state index in [2.05, 4.69) is 6.58 Å². The zero-order valence-electron chi connectivity index (χ0n) is 9.28. The fourth-order valence-corrected chi connectivity index (χ4v) is 1.50. The molecule has 0 aliphatic carbocycles. The quantitative estimate of drug-likeness (QED) is 0.809. The second kappa shape index (κ2) is 7.25. The Morgan fingerprint density at radius 2 is 2.25 bits per heavy atom. The molecule has 0 fully saturated rings. The minimum absolute atomic E-state index is 0. The first-order chi connectivity index (χ1) is 7.20. The average Bonchev–Trinajstić information content (AvgIpc) is 2.25. The van der Waals surface area contributed by atoms with Crippen LogP contribution >= 0.6 is 12.4 Å². The lowest BCUT2D eigenvalue weighted by molar-refractivity contribution is 0.397. The predicted molar refractivity (Wildman–Crippen MR) is 66.6 cm³/mol. The van der Waals surface area contributed by atoms with Gasteiger partial charge in [-0.3, -0.25) is 0 Å². The van der Waals surface area contributed by atoms with Crippen LogP contribution < -0.4 is 10.5 Å². The standard InChI is InChI=1S/C12H16FNO.ClH/c1-3-4-7-10(14)12-9(13)6-5-8-11(12)15-2;/h3,5-6,8,10H,1,4,7,14H2,2H3;1H/t10-;/m1./s1. The molecule has 1 atom stereocenters. The molecule has 4 heteroatoms. The summed E-state index contributed by atoms with van der Waals surface area (Å²) in [6.45, 7) is 3.61. The van der Waals surface area contributed by atoms with Crippen molar-refractivity contribution in [2.24, 2.45) is 5.73 Å². The van der Waals surface area contributed by atoms with Gasteiger partial charge in [0.2, 0.25) is 0 Å². The van der Waals surface area contributed by atoms with Gasteiger partial charge in [0, 0.05) is 11.6 Å². The Bertz CT molecular complexity index is 344. The van der Waals surface area contributed by atoms with Gasteiger partial charge in [0.1, 0.15) is 11.6 Å². The van der Waals surface area contributed by atoms with Gasteiger partial charge in [0.15, 0.2) is 0 Å². The first-order valence-corrected chi connectivity index (χ1v) is 4.89. The molecular weight excluding hydrogens is 229 g/mol. The zero-order valence-corrected chi connectivity index (χ0v) is 10.1. The molecule has 0 saturated heterocycles. The fourth-order valence-electron chi connectivity index (χ4n) is 1.50. The molecule has 0 aliphatic rings. The summed E-state index contributed by atoms with van der Waals surface area (Å²) in [6, 6.07) is 4.37. The zero-order chi connectivity index (χ0) is 11.3. The first kappa shape index (κ1) is 14.9. The van der Waals surface area contributed by atoms with E-state index in [0.29, 0.717) is 17.7 Å². The van der Waals surface area contributed by atoms with E-state index in [-0.39, 0.29) is 24.3 Å². The van der Waals surface area contributed by atoms with Crippen LogP contribution in [0.4, 0.5) is 4.39 Å². The van der Waals surface area contributed by atoms with E-state index in [9.17, 15) is 4.39 Å². The summed E-state index contributed by atoms with van der Waals surface area (Å²) in [5, 5.41) is 0. The predicted octanol–water partition coefficient (Wildman–Crippen LogP) is 3.22. The summed E-state index contributed by atoms with van der Waals surface area (Å²) < 4.78 is 18.6. The van der Waals surface area contributed by atoms with Crippen molar-refractivity contribution in [2.75, 3.05) is 7.11 Å². The molecule has 0 spiro atoms. The normalized spacial score (nSPS) is 11.4. The lowest BCUT2D eigenvalue weighted by Gasteiger charge is -2.15. The van der Waals surface area contributed by atoms with E-state index in [4.69, 9.17) is 10.5 Å². The Balaban J connectivity index is 0.00000225. The summed E-state index contributed by atoms with van der Waals surface area (Å²) in [7, 11) is 1.51. The maximum atomic E-state index is 13.5. The van der Waals surface area contributed by atoms with Gasteiger partial charge in [0.25, 0.3) is 0 Å². The van der Waals surface area contributed by atoms with Crippen molar-refractivity contribution < 1.29 is 9.13 Å². The van der Waals surface area contributed by atoms with Gasteiger partial charge in [-0.2, -0.15) is 0 Å². The lowest BCUT2D eigenvalue weighted by Crippen LogP contribution is -2.13. The summed E-state index contributed by atoms with van der Waals surface area (Å²) >= 11 is 0. The van der Waals surface area contributed by atoms with E-state index in [1.54, 1.807) is 18.2 Å². The highest BCUT2D eigenvalue weighted by Gasteiger charge is 2.15. The second-order valence-corrected chi connectivity index (χ2v) is 3.33. The van der Waals surface area contributed by atoms with Crippen molar-refractivity contribution in [3.63, 3.8) is 0 Å². The number of hydrogen-bond donors (Lipinski definition) is 1. The van der Waals surface area contributed by atoms with Crippen LogP contribution in [-0.4, -0.2) is 7.11 Å². The average molecular weight is 246 g/mol. The molecule has 0 aliphatic heterocycles. The monoisotopic (exact) mass is 245 g/mol. The second-order valence-electron chi connectivity index (χ2n) is 3.33. The van der Waals surface area contributed by atoms with Gasteiger partial charge in [-0.1, -0.05) is 12.1 Å². The van der Waals surface area contributed by atoms with Gasteiger partial charge in [-0.05, 0) is 25.0 Å². The van der Waals surface area contributed by atoms with Crippen molar-refractivity contribution in [2.45, 2.75) is 18.9 Å². The van der Waals surface area contributed by atoms with Gasteiger partial charge in [-0.25, -0.2) is 4.39 Å². The molecule has 0 unspecified atom stereocenters. The Labute approximate surface area is 102 Å². The van der Waals surface area contributed by atoms with Crippen LogP contribution in [0.15, 0.2) is 30.9 Å². The van der Waals surface area contributed by atoms with Crippen molar-refractivity contribution in [3.8, 4) is 5.75 Å². The van der Waals surface area contributed by atoms with E-state index < -0.39 is 0 Å². The highest BCUT2D eigenvalue weighted by molar-refractivity contribution is 5.85. The molecule has 0 radical (unpaired) electrons. The topological polar surface area (TPSA) is 35.2 Å². The third-order valence-corrected chi connectivity index (χ3v) is 2.29. The van der Waals surface area contributed by atoms with E-state index in [0.717, 1.165) is 6.42 Å². The molecule has 2 nitrogen and oxygen atoms in total. The maximum Gasteiger partial charge on any atom is 0.131 e. The molecular formula is C12H17ClFNO. The van der Waals surface area contributed by atoms with Crippen molar-refractivity contribution in [1.82, 2.24) is 0 Å². The SMILES string of the molecule is C=CCC[C@@H](N)c1c(F)cccc1OC.Cl. The van der Waals surface area contributed by atoms with Crippen LogP contribution in [0, 0.1) is 5.82 Å². The van der Waals surface area contributed by atoms with E-state index in [1.165, 1.54) is 13.2 Å². The molecule has 0 aromatic heterocycles. The largest absolute Gasteiger partial charge is 0.496 e. The van der Waals surface area contributed by atoms with E-state index in [1.807, 2.05) is 0 Å². The molecule has 0 heterocycles. The minimum Gasteiger partial charge on any atom is -0.496 e. The van der Waals surface area contributed by atoms with Crippen LogP contribution in [0.5, 0.6) is 5.75 Å². The number of benzene rings is 1. The molecule has 1 aromatic rings. The Morgan fingerprint density at radius 1 is 1.56 bits per heavy atom. The number of halogens is 2. The third kappa shape index (κ3) is 3.51. The number of ether oxygens (including phenoxy) is 1. The minimum atomic E-state index is -0.348. The first-order valence-electron chi connectivity index (χ1n) is 4.89. The highest BCUT2D eigenvalue weighted by Crippen LogP contribution is 2.28. The van der Waals surface area contributed by atoms with Crippen molar-refractivity contribution >= 4 is 12.4 Å². The molecule has 90 valence electrons. The Hall–Kier alpha value is -1.06. The maximum absolute atomic E-state index is 13.5. The number of methoxy groups -OCH3 is 1. The summed E-state index contributed by atoms with van der Waals surface area (Å²) in [6.07, 6.45) is 3.20. The number of allylic oxidation sites excluding steroid dienone is 1. The molecule has 0 bridgehead atoms. The van der Waals surface area contributed by atoms with Crippen LogP contribution in [0.2, 0.25) is 0 Å². The van der Waals surface area contributed by atoms with Crippen molar-refractivity contribution in [3.05, 3.63) is 42.2 Å². The van der Waals surface area contributed by atoms with Crippen molar-refractivity contribution in [1.29, 1.82) is 0 Å². The molecule has 1 aromatic carbocycles. The summed E-state index contributed by atoms with van der Waals surface area (Å²) in [4.78, 5) is 0. The smallest absolute Gasteiger partial charge is 0.131 e. The van der Waals surface area contributed by atoms with E-state index >= 15 is 0 Å². The fraction of sp³-hybridized carbons (Fsp3) is 0.333. The molecule has 0 amide bonds. The highest BCUT2D eigenvalue weighted by atomic mass is 35.5. The van der Waals surface area contributed by atoms with Crippen LogP contribution in [0.1, 0.15) is 24.4 Å². The Kier molecular flexibility index (Phi) is 6.77. The lowest BCUT2D eigenvalue weighted by atomic mass is 10.0. The Morgan fingerprint density at radius 3 is 2.81 bits per heavy atom. The van der Waals surface area contributed by atoms with Crippen LogP contribution in [0.3, 0.4) is 0 Å². The van der Waals surface area contributed by atoms with Gasteiger partial charge in [0.05, 0.1) is 7.11 Å². The van der Waals surface area contributed by atoms with Crippen LogP contribution in [-0.2, 0) is 0 Å². The molecule has 16 heavy (non-hydrogen) atoms. The molecule has 1 rings (SSSR count). The number of rotatable bonds is 5. The molecule has 2 N–H and O–H groups in total. The van der Waals surface area contributed by atoms with Crippen LogP contribution in [0.25, 0.3) is 0 Å². The number of hydrogen-bond acceptors (Lipinski definition) is 2. The molecule has 0 saturated carbocycles. The third-order valence-electron chi connectivity index (χ3n) is 2.29. The van der Waals surface area contributed by atoms with Gasteiger partial charge < -0.3 is 10.5 Å². The summed E-state index contributed by atoms with van der Waals surface area (Å²) in [5.41, 5.74) is 6.34. The van der Waals surface area contributed by atoms with Gasteiger partial charge >= 0.3 is 0 Å².